The summed E-state index contributed by atoms with van der Waals surface area (Å²) in [6.07, 6.45) is 11.8. The molecule has 0 spiro atoms. The first-order chi connectivity index (χ1) is 35.2. The van der Waals surface area contributed by atoms with Gasteiger partial charge < -0.3 is 63.8 Å². The van der Waals surface area contributed by atoms with Crippen molar-refractivity contribution < 1.29 is 42.7 Å². The van der Waals surface area contributed by atoms with Crippen molar-refractivity contribution in [1.29, 1.82) is 0 Å². The zero-order valence-electron chi connectivity index (χ0n) is 41.2. The van der Waals surface area contributed by atoms with Gasteiger partial charge in [-0.3, -0.25) is 9.48 Å². The number of aliphatic hydroxyl groups excluding tert-OH is 1. The minimum atomic E-state index is -1.31. The maximum atomic E-state index is 14.9. The van der Waals surface area contributed by atoms with E-state index in [2.05, 4.69) is 65.6 Å². The fourth-order valence-corrected chi connectivity index (χ4v) is 8.60. The van der Waals surface area contributed by atoms with E-state index in [1.54, 1.807) is 32.9 Å². The van der Waals surface area contributed by atoms with Gasteiger partial charge in [-0.2, -0.15) is 19.6 Å². The summed E-state index contributed by atoms with van der Waals surface area (Å²) in [6, 6.07) is 5.44. The van der Waals surface area contributed by atoms with Crippen LogP contribution in [0.25, 0.3) is 16.8 Å². The van der Waals surface area contributed by atoms with Crippen molar-refractivity contribution in [2.45, 2.75) is 70.4 Å². The molecule has 3 atom stereocenters. The highest BCUT2D eigenvalue weighted by molar-refractivity contribution is 5.88. The van der Waals surface area contributed by atoms with Crippen molar-refractivity contribution in [2.75, 3.05) is 113 Å². The summed E-state index contributed by atoms with van der Waals surface area (Å²) < 4.78 is 54.3. The molecule has 4 N–H and O–H groups in total. The van der Waals surface area contributed by atoms with E-state index in [9.17, 15) is 14.3 Å². The average Bonchev–Trinajstić information content (AvgIpc) is 4.20. The molecule has 6 aromatic heterocycles. The molecule has 2 fully saturated rings. The number of hydrogen-bond acceptors (Lipinski definition) is 19. The number of methoxy groups -OCH3 is 1. The lowest BCUT2D eigenvalue weighted by Crippen LogP contribution is -2.40. The van der Waals surface area contributed by atoms with Gasteiger partial charge in [0.05, 0.1) is 97.8 Å². The van der Waals surface area contributed by atoms with Crippen molar-refractivity contribution in [3.63, 3.8) is 0 Å². The standard InChI is InChI=1S/C48H66FN15O8/c1-5-34-28-53-64-39(25-40(56-45(34)64)63-13-8-7-9-35(63)12-15-65)50-26-33-10-11-42(51-27-33)72-24-23-71-22-21-70-20-19-69-18-17-68-16-14-62-31-38(47(59-62)67-4)55-44-43-46(60(3)32-52-43)58-48(57-44)61-29-36(49)37(30-61)54-41(66)6-2/h6,10-11,25,27-28,31-32,35-37,50,65H,2,5,7-9,12-24,26,29-30H2,1,3-4H3,(H,54,66)(H,55,57,58)/t35-,36+,37+/m0/s1. The highest BCUT2D eigenvalue weighted by atomic mass is 19.1. The number of aliphatic hydroxyl groups is 1. The number of rotatable bonds is 29. The Morgan fingerprint density at radius 2 is 1.74 bits per heavy atom. The second kappa shape index (κ2) is 25.6. The van der Waals surface area contributed by atoms with Crippen LogP contribution in [0.1, 0.15) is 43.7 Å². The molecule has 23 nitrogen and oxygen atoms in total. The molecule has 2 aliphatic rings. The summed E-state index contributed by atoms with van der Waals surface area (Å²) in [6.45, 7) is 11.5. The van der Waals surface area contributed by atoms with Gasteiger partial charge in [-0.25, -0.2) is 19.3 Å². The SMILES string of the molecule is C=CC(=O)N[C@@H]1CN(c2nc(Nc3cn(CCOCCOCCOCCOCCOc4ccc(CNc5cc(N6CCCC[C@H]6CCO)nc6c(CC)cnn56)cn4)nc3OC)c3ncn(C)c3n2)C[C@H]1F. The Morgan fingerprint density at radius 1 is 0.958 bits per heavy atom. The minimum Gasteiger partial charge on any atom is -0.478 e. The molecule has 388 valence electrons. The molecule has 2 aliphatic heterocycles. The maximum absolute atomic E-state index is 14.9. The summed E-state index contributed by atoms with van der Waals surface area (Å²) >= 11 is 0. The van der Waals surface area contributed by atoms with E-state index in [0.29, 0.717) is 107 Å². The predicted octanol–water partition coefficient (Wildman–Crippen LogP) is 3.64. The fourth-order valence-electron chi connectivity index (χ4n) is 8.60. The highest BCUT2D eigenvalue weighted by Crippen LogP contribution is 2.32. The van der Waals surface area contributed by atoms with Crippen LogP contribution in [0.3, 0.4) is 0 Å². The van der Waals surface area contributed by atoms with Gasteiger partial charge in [0.1, 0.15) is 30.1 Å². The molecule has 8 heterocycles. The van der Waals surface area contributed by atoms with E-state index in [0.717, 1.165) is 73.1 Å². The molecular weight excluding hydrogens is 934 g/mol. The number of carbonyl (C=O) groups excluding carboxylic acids is 1. The molecule has 0 radical (unpaired) electrons. The van der Waals surface area contributed by atoms with E-state index in [1.807, 2.05) is 29.9 Å². The van der Waals surface area contributed by atoms with Crippen LogP contribution < -0.4 is 35.2 Å². The van der Waals surface area contributed by atoms with Crippen LogP contribution in [0.15, 0.2) is 55.8 Å². The zero-order valence-corrected chi connectivity index (χ0v) is 41.2. The molecule has 6 aromatic rings. The monoisotopic (exact) mass is 1000 g/mol. The second-order valence-electron chi connectivity index (χ2n) is 17.4. The summed E-state index contributed by atoms with van der Waals surface area (Å²) in [5.41, 5.74) is 4.52. The van der Waals surface area contributed by atoms with Crippen molar-refractivity contribution >= 4 is 51.8 Å². The smallest absolute Gasteiger partial charge is 0.256 e. The van der Waals surface area contributed by atoms with Gasteiger partial charge in [0, 0.05) is 63.2 Å². The average molecular weight is 1000 g/mol. The van der Waals surface area contributed by atoms with Crippen molar-refractivity contribution in [3.8, 4) is 11.8 Å². The number of piperidine rings is 1. The van der Waals surface area contributed by atoms with E-state index in [1.165, 1.54) is 7.11 Å². The Balaban J connectivity index is 0.675. The Labute approximate surface area is 417 Å². The molecule has 0 aromatic carbocycles. The molecule has 2 saturated heterocycles. The molecule has 8 rings (SSSR count). The number of fused-ring (bicyclic) bond motifs is 2. The third-order valence-electron chi connectivity index (χ3n) is 12.4. The number of aromatic nitrogens is 10. The summed E-state index contributed by atoms with van der Waals surface area (Å²) in [4.78, 5) is 39.2. The zero-order chi connectivity index (χ0) is 50.2. The third kappa shape index (κ3) is 13.2. The molecule has 1 amide bonds. The number of alkyl halides is 1. The topological polar surface area (TPSA) is 240 Å². The quantitative estimate of drug-likeness (QED) is 0.0388. The van der Waals surface area contributed by atoms with Crippen LogP contribution in [0.5, 0.6) is 11.8 Å². The Kier molecular flexibility index (Phi) is 18.3. The first-order valence-electron chi connectivity index (χ1n) is 24.5. The number of imidazole rings is 1. The number of halogens is 1. The van der Waals surface area contributed by atoms with E-state index in [-0.39, 0.29) is 31.7 Å². The Bertz CT molecular complexity index is 2680. The molecule has 72 heavy (non-hydrogen) atoms. The Morgan fingerprint density at radius 3 is 2.46 bits per heavy atom. The predicted molar refractivity (Wildman–Crippen MR) is 267 cm³/mol. The largest absolute Gasteiger partial charge is 0.478 e. The number of aryl methyl sites for hydroxylation is 2. The molecular formula is C48H66FN15O8. The molecule has 24 heteroatoms. The van der Waals surface area contributed by atoms with Crippen LogP contribution in [0.2, 0.25) is 0 Å². The summed E-state index contributed by atoms with van der Waals surface area (Å²) in [5.74, 6) is 2.85. The van der Waals surface area contributed by atoms with E-state index >= 15 is 0 Å². The molecule has 0 unspecified atom stereocenters. The number of ether oxygens (including phenoxy) is 6. The van der Waals surface area contributed by atoms with Gasteiger partial charge in [-0.15, -0.1) is 5.10 Å². The maximum Gasteiger partial charge on any atom is 0.256 e. The number of hydrogen-bond donors (Lipinski definition) is 4. The van der Waals surface area contributed by atoms with Gasteiger partial charge in [0.2, 0.25) is 17.7 Å². The van der Waals surface area contributed by atoms with Gasteiger partial charge in [0.25, 0.3) is 5.88 Å². The molecule has 0 bridgehead atoms. The van der Waals surface area contributed by atoms with Crippen molar-refractivity contribution in [3.05, 3.63) is 66.9 Å². The van der Waals surface area contributed by atoms with Crippen LogP contribution >= 0.6 is 0 Å². The minimum absolute atomic E-state index is 0.0103. The highest BCUT2D eigenvalue weighted by Gasteiger charge is 2.36. The van der Waals surface area contributed by atoms with Crippen molar-refractivity contribution in [2.24, 2.45) is 7.05 Å². The van der Waals surface area contributed by atoms with Gasteiger partial charge in [-0.1, -0.05) is 19.6 Å². The first kappa shape index (κ1) is 51.6. The van der Waals surface area contributed by atoms with Crippen LogP contribution in [-0.2, 0) is 50.3 Å². The lowest BCUT2D eigenvalue weighted by molar-refractivity contribution is -0.117. The van der Waals surface area contributed by atoms with E-state index < -0.39 is 18.1 Å². The second-order valence-corrected chi connectivity index (χ2v) is 17.4. The molecule has 0 saturated carbocycles. The number of anilines is 5. The van der Waals surface area contributed by atoms with E-state index in [4.69, 9.17) is 38.4 Å². The molecule has 0 aliphatic carbocycles. The van der Waals surface area contributed by atoms with Gasteiger partial charge in [-0.05, 0) is 43.7 Å². The Hall–Kier alpha value is -6.73. The summed E-state index contributed by atoms with van der Waals surface area (Å²) in [7, 11) is 3.33. The number of amides is 1. The lowest BCUT2D eigenvalue weighted by atomic mass is 9.99. The van der Waals surface area contributed by atoms with Crippen LogP contribution in [0.4, 0.5) is 33.5 Å². The van der Waals surface area contributed by atoms with Gasteiger partial charge in [0.15, 0.2) is 22.6 Å². The van der Waals surface area contributed by atoms with Gasteiger partial charge >= 0.3 is 0 Å². The van der Waals surface area contributed by atoms with Crippen LogP contribution in [0, 0.1) is 0 Å². The number of nitrogens with zero attached hydrogens (tertiary/aromatic N) is 12. The van der Waals surface area contributed by atoms with Crippen molar-refractivity contribution in [1.82, 2.24) is 54.2 Å². The fraction of sp³-hybridized carbons (Fsp3) is 0.542. The first-order valence-corrected chi connectivity index (χ1v) is 24.5. The number of pyridine rings is 1. The normalized spacial score (nSPS) is 17.0. The number of carbonyl (C=O) groups is 1. The van der Waals surface area contributed by atoms with Crippen LogP contribution in [-0.4, -0.2) is 171 Å². The summed E-state index contributed by atoms with van der Waals surface area (Å²) in [5, 5.41) is 28.3. The number of nitrogens with one attached hydrogen (secondary N) is 3. The lowest BCUT2D eigenvalue weighted by Gasteiger charge is -2.36. The third-order valence-corrected chi connectivity index (χ3v) is 12.4.